The maximum Gasteiger partial charge on any atom is 0.387 e. The molecule has 22 heavy (non-hydrogen) atoms. The van der Waals surface area contributed by atoms with Crippen LogP contribution in [0.5, 0.6) is 5.75 Å². The Labute approximate surface area is 131 Å². The predicted molar refractivity (Wildman–Crippen MR) is 79.1 cm³/mol. The largest absolute Gasteiger partial charge is 0.598 e. The van der Waals surface area contributed by atoms with Gasteiger partial charge in [0.15, 0.2) is 0 Å². The van der Waals surface area contributed by atoms with E-state index in [9.17, 15) is 18.1 Å². The normalized spacial score (nSPS) is 14.7. The lowest BCUT2D eigenvalue weighted by atomic mass is 10.0. The first-order valence-electron chi connectivity index (χ1n) is 6.55. The number of halogens is 2. The summed E-state index contributed by atoms with van der Waals surface area (Å²) in [4.78, 5) is 11.0. The van der Waals surface area contributed by atoms with Crippen LogP contribution in [0.1, 0.15) is 38.8 Å². The summed E-state index contributed by atoms with van der Waals surface area (Å²) in [6, 6.07) is 4.95. The van der Waals surface area contributed by atoms with E-state index in [1.165, 1.54) is 18.2 Å². The molecule has 0 aromatic heterocycles. The van der Waals surface area contributed by atoms with E-state index in [4.69, 9.17) is 5.11 Å². The summed E-state index contributed by atoms with van der Waals surface area (Å²) >= 11 is -1.56. The topological polar surface area (TPSA) is 81.6 Å². The van der Waals surface area contributed by atoms with Crippen molar-refractivity contribution in [1.82, 2.24) is 4.72 Å². The Balaban J connectivity index is 3.09. The lowest BCUT2D eigenvalue weighted by Gasteiger charge is -2.28. The molecule has 0 saturated carbocycles. The Bertz CT molecular complexity index is 508. The van der Waals surface area contributed by atoms with Gasteiger partial charge >= 0.3 is 12.6 Å². The van der Waals surface area contributed by atoms with Gasteiger partial charge in [0.2, 0.25) is 0 Å². The Kier molecular flexibility index (Phi) is 6.58. The molecule has 0 unspecified atom stereocenters. The Morgan fingerprint density at radius 2 is 2.00 bits per heavy atom. The first-order valence-corrected chi connectivity index (χ1v) is 7.70. The number of hydrogen-bond donors (Lipinski definition) is 2. The van der Waals surface area contributed by atoms with E-state index in [2.05, 4.69) is 9.46 Å². The molecular weight excluding hydrogens is 316 g/mol. The molecule has 0 aliphatic rings. The van der Waals surface area contributed by atoms with Crippen LogP contribution in [0.2, 0.25) is 0 Å². The van der Waals surface area contributed by atoms with Crippen molar-refractivity contribution in [2.75, 3.05) is 0 Å². The Morgan fingerprint density at radius 1 is 1.41 bits per heavy atom. The van der Waals surface area contributed by atoms with Crippen molar-refractivity contribution in [2.24, 2.45) is 0 Å². The van der Waals surface area contributed by atoms with E-state index in [0.29, 0.717) is 0 Å². The maximum atomic E-state index is 12.5. The maximum absolute atomic E-state index is 12.5. The van der Waals surface area contributed by atoms with Crippen molar-refractivity contribution in [3.05, 3.63) is 29.8 Å². The number of rotatable bonds is 7. The van der Waals surface area contributed by atoms with Crippen molar-refractivity contribution < 1.29 is 28.0 Å². The zero-order valence-corrected chi connectivity index (χ0v) is 13.3. The zero-order valence-electron chi connectivity index (χ0n) is 12.5. The molecule has 1 aromatic carbocycles. The molecule has 0 fully saturated rings. The summed E-state index contributed by atoms with van der Waals surface area (Å²) in [6.45, 7) is 2.13. The minimum absolute atomic E-state index is 0.137. The highest BCUT2D eigenvalue weighted by molar-refractivity contribution is 7.90. The van der Waals surface area contributed by atoms with Gasteiger partial charge < -0.3 is 14.4 Å². The van der Waals surface area contributed by atoms with E-state index in [1.807, 2.05) is 0 Å². The van der Waals surface area contributed by atoms with Gasteiger partial charge in [0.05, 0.1) is 12.5 Å². The SMILES string of the molecule is CC(C)(C)[S@+]([O-])N[C@H](CC(=O)O)c1ccccc1OC(F)F. The molecule has 8 heteroatoms. The van der Waals surface area contributed by atoms with Gasteiger partial charge in [-0.05, 0) is 26.8 Å². The van der Waals surface area contributed by atoms with Crippen LogP contribution in [-0.2, 0) is 16.2 Å². The van der Waals surface area contributed by atoms with Gasteiger partial charge in [0.1, 0.15) is 10.5 Å². The molecule has 1 rings (SSSR count). The summed E-state index contributed by atoms with van der Waals surface area (Å²) < 4.78 is 43.6. The predicted octanol–water partition coefficient (Wildman–Crippen LogP) is 2.86. The second-order valence-electron chi connectivity index (χ2n) is 5.57. The third kappa shape index (κ3) is 5.78. The van der Waals surface area contributed by atoms with Crippen LogP contribution in [0.25, 0.3) is 0 Å². The fourth-order valence-electron chi connectivity index (χ4n) is 1.67. The average Bonchev–Trinajstić information content (AvgIpc) is 2.36. The van der Waals surface area contributed by atoms with E-state index in [1.54, 1.807) is 26.8 Å². The van der Waals surface area contributed by atoms with Crippen LogP contribution in [0.4, 0.5) is 8.78 Å². The summed E-state index contributed by atoms with van der Waals surface area (Å²) in [5.74, 6) is -1.28. The van der Waals surface area contributed by atoms with E-state index >= 15 is 0 Å². The highest BCUT2D eigenvalue weighted by Gasteiger charge is 2.32. The standard InChI is InChI=1S/C14H19F2NO4S/c1-14(2,3)22(20)17-10(8-12(18)19)9-6-4-5-7-11(9)21-13(15)16/h4-7,10,13,17H,8H2,1-3H3,(H,18,19)/t10-,22+/m1/s1. The van der Waals surface area contributed by atoms with Crippen LogP contribution in [-0.4, -0.2) is 27.0 Å². The van der Waals surface area contributed by atoms with Gasteiger partial charge in [-0.1, -0.05) is 18.2 Å². The Hall–Kier alpha value is -1.38. The van der Waals surface area contributed by atoms with Gasteiger partial charge in [-0.3, -0.25) is 4.79 Å². The summed E-state index contributed by atoms with van der Waals surface area (Å²) in [7, 11) is 0. The molecule has 5 nitrogen and oxygen atoms in total. The smallest absolute Gasteiger partial charge is 0.387 e. The summed E-state index contributed by atoms with van der Waals surface area (Å²) in [5.41, 5.74) is 0.225. The van der Waals surface area contributed by atoms with Crippen molar-refractivity contribution in [1.29, 1.82) is 0 Å². The third-order valence-electron chi connectivity index (χ3n) is 2.69. The molecule has 0 aliphatic heterocycles. The van der Waals surface area contributed by atoms with Gasteiger partial charge in [0, 0.05) is 16.9 Å². The van der Waals surface area contributed by atoms with Crippen molar-refractivity contribution in [2.45, 2.75) is 44.6 Å². The molecular formula is C14H19F2NO4S. The monoisotopic (exact) mass is 335 g/mol. The molecule has 2 N–H and O–H groups in total. The molecule has 0 bridgehead atoms. The molecule has 2 atom stereocenters. The minimum Gasteiger partial charge on any atom is -0.598 e. The number of benzene rings is 1. The van der Waals surface area contributed by atoms with Crippen molar-refractivity contribution in [3.8, 4) is 5.75 Å². The number of alkyl halides is 2. The van der Waals surface area contributed by atoms with E-state index in [-0.39, 0.29) is 11.3 Å². The van der Waals surface area contributed by atoms with Crippen LogP contribution >= 0.6 is 0 Å². The molecule has 0 spiro atoms. The number of carboxylic acids is 1. The number of hydrogen-bond acceptors (Lipinski definition) is 4. The zero-order chi connectivity index (χ0) is 16.9. The van der Waals surface area contributed by atoms with Crippen molar-refractivity contribution >= 4 is 17.3 Å². The number of ether oxygens (including phenoxy) is 1. The van der Waals surface area contributed by atoms with Gasteiger partial charge in [-0.25, -0.2) is 0 Å². The molecule has 0 aliphatic carbocycles. The number of nitrogens with one attached hydrogen (secondary N) is 1. The average molecular weight is 335 g/mol. The highest BCUT2D eigenvalue weighted by Crippen LogP contribution is 2.30. The fraction of sp³-hybridized carbons (Fsp3) is 0.500. The second-order valence-corrected chi connectivity index (χ2v) is 7.56. The molecule has 1 aromatic rings. The molecule has 0 amide bonds. The van der Waals surface area contributed by atoms with Crippen LogP contribution < -0.4 is 9.46 Å². The first kappa shape index (κ1) is 18.7. The number of aliphatic carboxylic acids is 1. The number of carbonyl (C=O) groups is 1. The molecule has 0 heterocycles. The minimum atomic E-state index is -3.03. The number of carboxylic acid groups (broad SMARTS) is 1. The summed E-state index contributed by atoms with van der Waals surface area (Å²) in [5, 5.41) is 9.01. The first-order chi connectivity index (χ1) is 10.1. The number of para-hydroxylation sites is 1. The Morgan fingerprint density at radius 3 is 2.50 bits per heavy atom. The lowest BCUT2D eigenvalue weighted by Crippen LogP contribution is -2.42. The van der Waals surface area contributed by atoms with Gasteiger partial charge in [0.25, 0.3) is 0 Å². The highest BCUT2D eigenvalue weighted by atomic mass is 32.2. The van der Waals surface area contributed by atoms with Crippen LogP contribution in [0, 0.1) is 0 Å². The molecule has 124 valence electrons. The van der Waals surface area contributed by atoms with Gasteiger partial charge in [-0.2, -0.15) is 8.78 Å². The fourth-order valence-corrected chi connectivity index (χ4v) is 2.49. The quantitative estimate of drug-likeness (QED) is 0.749. The lowest BCUT2D eigenvalue weighted by molar-refractivity contribution is -0.137. The third-order valence-corrected chi connectivity index (χ3v) is 4.31. The summed E-state index contributed by atoms with van der Waals surface area (Å²) in [6.07, 6.45) is -0.411. The van der Waals surface area contributed by atoms with Gasteiger partial charge in [-0.15, -0.1) is 4.72 Å². The molecule has 0 saturated heterocycles. The molecule has 0 radical (unpaired) electrons. The van der Waals surface area contributed by atoms with Crippen molar-refractivity contribution in [3.63, 3.8) is 0 Å². The van der Waals surface area contributed by atoms with Crippen LogP contribution in [0.15, 0.2) is 24.3 Å². The van der Waals surface area contributed by atoms with E-state index in [0.717, 1.165) is 0 Å². The van der Waals surface area contributed by atoms with E-state index < -0.39 is 41.2 Å². The second kappa shape index (κ2) is 7.75. The van der Waals surface area contributed by atoms with Crippen LogP contribution in [0.3, 0.4) is 0 Å².